The summed E-state index contributed by atoms with van der Waals surface area (Å²) in [6.07, 6.45) is 1.91. The zero-order chi connectivity index (χ0) is 13.0. The van der Waals surface area contributed by atoms with Crippen molar-refractivity contribution in [1.82, 2.24) is 5.43 Å². The van der Waals surface area contributed by atoms with Crippen LogP contribution in [-0.2, 0) is 12.8 Å². The molecule has 0 saturated heterocycles. The number of hydrazine groups is 1. The average Bonchev–Trinajstić information content (AvgIpc) is 2.82. The summed E-state index contributed by atoms with van der Waals surface area (Å²) < 4.78 is 6.86. The minimum absolute atomic E-state index is 0.289. The first-order valence-corrected chi connectivity index (χ1v) is 8.17. The van der Waals surface area contributed by atoms with E-state index in [1.165, 1.54) is 11.1 Å². The molecule has 18 heavy (non-hydrogen) atoms. The molecule has 0 amide bonds. The first kappa shape index (κ1) is 14.2. The lowest BCUT2D eigenvalue weighted by Crippen LogP contribution is -2.38. The molecule has 1 aliphatic rings. The summed E-state index contributed by atoms with van der Waals surface area (Å²) in [5, 5.41) is 0. The fraction of sp³-hybridized carbons (Fsp3) is 0.538. The quantitative estimate of drug-likeness (QED) is 0.621. The second-order valence-corrected chi connectivity index (χ2v) is 6.61. The number of benzene rings is 1. The molecule has 2 rings (SSSR count). The Morgan fingerprint density at radius 3 is 3.11 bits per heavy atom. The fourth-order valence-electron chi connectivity index (χ4n) is 2.19. The Balaban J connectivity index is 2.12. The lowest BCUT2D eigenvalue weighted by Gasteiger charge is -2.17. The number of hydrogen-bond donors (Lipinski definition) is 2. The Hall–Kier alpha value is -0.230. The third kappa shape index (κ3) is 3.41. The molecule has 1 aliphatic heterocycles. The second kappa shape index (κ2) is 6.80. The Kier molecular flexibility index (Phi) is 5.36. The minimum Gasteiger partial charge on any atom is -0.493 e. The van der Waals surface area contributed by atoms with Gasteiger partial charge in [0.15, 0.2) is 0 Å². The van der Waals surface area contributed by atoms with E-state index in [2.05, 4.69) is 40.4 Å². The highest BCUT2D eigenvalue weighted by Gasteiger charge is 2.19. The molecule has 0 spiro atoms. The highest BCUT2D eigenvalue weighted by molar-refractivity contribution is 9.10. The topological polar surface area (TPSA) is 47.3 Å². The molecule has 3 N–H and O–H groups in total. The van der Waals surface area contributed by atoms with E-state index in [9.17, 15) is 0 Å². The van der Waals surface area contributed by atoms with Crippen LogP contribution in [-0.4, -0.2) is 24.2 Å². The summed E-state index contributed by atoms with van der Waals surface area (Å²) in [6, 6.07) is 4.58. The fourth-order valence-corrected chi connectivity index (χ4v) is 3.48. The molecule has 1 aromatic rings. The molecule has 0 radical (unpaired) electrons. The maximum atomic E-state index is 5.74. The predicted octanol–water partition coefficient (Wildman–Crippen LogP) is 2.51. The van der Waals surface area contributed by atoms with Gasteiger partial charge < -0.3 is 4.74 Å². The Morgan fingerprint density at radius 1 is 1.56 bits per heavy atom. The Labute approximate surface area is 121 Å². The van der Waals surface area contributed by atoms with E-state index in [1.807, 2.05) is 11.8 Å². The van der Waals surface area contributed by atoms with Crippen LogP contribution < -0.4 is 16.0 Å². The molecule has 1 unspecified atom stereocenters. The van der Waals surface area contributed by atoms with Crippen LogP contribution in [0.1, 0.15) is 18.1 Å². The summed E-state index contributed by atoms with van der Waals surface area (Å²) in [6.45, 7) is 2.96. The molecule has 0 aliphatic carbocycles. The van der Waals surface area contributed by atoms with Crippen LogP contribution >= 0.6 is 27.7 Å². The number of nitrogens with one attached hydrogen (secondary N) is 1. The van der Waals surface area contributed by atoms with Crippen molar-refractivity contribution in [2.45, 2.75) is 25.8 Å². The zero-order valence-corrected chi connectivity index (χ0v) is 12.9. The molecule has 0 bridgehead atoms. The van der Waals surface area contributed by atoms with Crippen molar-refractivity contribution in [1.29, 1.82) is 0 Å². The van der Waals surface area contributed by atoms with E-state index >= 15 is 0 Å². The van der Waals surface area contributed by atoms with Crippen molar-refractivity contribution in [3.05, 3.63) is 27.7 Å². The number of nitrogens with two attached hydrogens (primary N) is 1. The van der Waals surface area contributed by atoms with Crippen molar-refractivity contribution in [3.63, 3.8) is 0 Å². The maximum Gasteiger partial charge on any atom is 0.125 e. The van der Waals surface area contributed by atoms with Gasteiger partial charge in [-0.05, 0) is 35.4 Å². The van der Waals surface area contributed by atoms with Gasteiger partial charge in [0.25, 0.3) is 0 Å². The lowest BCUT2D eigenvalue weighted by molar-refractivity contribution is 0.352. The molecular formula is C13H19BrN2OS. The summed E-state index contributed by atoms with van der Waals surface area (Å²) >= 11 is 5.47. The van der Waals surface area contributed by atoms with Gasteiger partial charge in [-0.25, -0.2) is 0 Å². The molecule has 5 heteroatoms. The number of halogens is 1. The molecule has 3 nitrogen and oxygen atoms in total. The summed E-state index contributed by atoms with van der Waals surface area (Å²) in [5.74, 6) is 8.84. The van der Waals surface area contributed by atoms with Crippen molar-refractivity contribution in [3.8, 4) is 5.75 Å². The van der Waals surface area contributed by atoms with Gasteiger partial charge in [-0.3, -0.25) is 11.3 Å². The highest BCUT2D eigenvalue weighted by Crippen LogP contribution is 2.33. The Morgan fingerprint density at radius 2 is 2.39 bits per heavy atom. The van der Waals surface area contributed by atoms with Gasteiger partial charge >= 0.3 is 0 Å². The summed E-state index contributed by atoms with van der Waals surface area (Å²) in [7, 11) is 0. The van der Waals surface area contributed by atoms with Crippen LogP contribution in [0.2, 0.25) is 0 Å². The first-order valence-electron chi connectivity index (χ1n) is 6.22. The maximum absolute atomic E-state index is 5.74. The second-order valence-electron chi connectivity index (χ2n) is 4.38. The van der Waals surface area contributed by atoms with E-state index in [1.54, 1.807) is 0 Å². The largest absolute Gasteiger partial charge is 0.493 e. The number of fused-ring (bicyclic) bond motifs is 1. The number of thioether (sulfide) groups is 1. The van der Waals surface area contributed by atoms with Crippen LogP contribution in [0.15, 0.2) is 16.6 Å². The zero-order valence-electron chi connectivity index (χ0n) is 10.5. The van der Waals surface area contributed by atoms with Crippen LogP contribution in [0, 0.1) is 0 Å². The van der Waals surface area contributed by atoms with Crippen molar-refractivity contribution >= 4 is 27.7 Å². The molecule has 0 fully saturated rings. The SMILES string of the molecule is CCSCC(Cc1cc(Br)cc2c1OCC2)NN. The van der Waals surface area contributed by atoms with Crippen LogP contribution in [0.25, 0.3) is 0 Å². The van der Waals surface area contributed by atoms with E-state index < -0.39 is 0 Å². The average molecular weight is 331 g/mol. The monoisotopic (exact) mass is 330 g/mol. The predicted molar refractivity (Wildman–Crippen MR) is 81.2 cm³/mol. The normalized spacial score (nSPS) is 15.3. The molecule has 0 saturated carbocycles. The first-order chi connectivity index (χ1) is 8.74. The number of rotatable bonds is 6. The smallest absolute Gasteiger partial charge is 0.125 e. The van der Waals surface area contributed by atoms with E-state index in [-0.39, 0.29) is 6.04 Å². The molecule has 0 aromatic heterocycles. The minimum atomic E-state index is 0.289. The van der Waals surface area contributed by atoms with Crippen molar-refractivity contribution < 1.29 is 4.74 Å². The van der Waals surface area contributed by atoms with Gasteiger partial charge in [0.2, 0.25) is 0 Å². The van der Waals surface area contributed by atoms with E-state index in [0.29, 0.717) is 0 Å². The third-order valence-electron chi connectivity index (χ3n) is 3.05. The van der Waals surface area contributed by atoms with Crippen molar-refractivity contribution in [2.75, 3.05) is 18.1 Å². The number of ether oxygens (including phenoxy) is 1. The highest BCUT2D eigenvalue weighted by atomic mass is 79.9. The van der Waals surface area contributed by atoms with Gasteiger partial charge in [-0.2, -0.15) is 11.8 Å². The molecular weight excluding hydrogens is 312 g/mol. The van der Waals surface area contributed by atoms with Gasteiger partial charge in [0.05, 0.1) is 6.61 Å². The van der Waals surface area contributed by atoms with Crippen molar-refractivity contribution in [2.24, 2.45) is 5.84 Å². The molecule has 1 aromatic carbocycles. The lowest BCUT2D eigenvalue weighted by atomic mass is 10.0. The summed E-state index contributed by atoms with van der Waals surface area (Å²) in [4.78, 5) is 0. The third-order valence-corrected chi connectivity index (χ3v) is 4.55. The van der Waals surface area contributed by atoms with Crippen LogP contribution in [0.4, 0.5) is 0 Å². The van der Waals surface area contributed by atoms with Gasteiger partial charge in [0, 0.05) is 22.7 Å². The van der Waals surface area contributed by atoms with Crippen LogP contribution in [0.3, 0.4) is 0 Å². The van der Waals surface area contributed by atoms with Gasteiger partial charge in [0.1, 0.15) is 5.75 Å². The van der Waals surface area contributed by atoms with Gasteiger partial charge in [-0.1, -0.05) is 22.9 Å². The van der Waals surface area contributed by atoms with E-state index in [0.717, 1.165) is 41.2 Å². The standard InChI is InChI=1S/C13H19BrN2OS/c1-2-18-8-12(16-15)7-10-6-11(14)5-9-3-4-17-13(9)10/h5-6,12,16H,2-4,7-8,15H2,1H3. The Bertz CT molecular complexity index is 414. The van der Waals surface area contributed by atoms with Crippen LogP contribution in [0.5, 0.6) is 5.75 Å². The summed E-state index contributed by atoms with van der Waals surface area (Å²) in [5.41, 5.74) is 5.46. The van der Waals surface area contributed by atoms with Gasteiger partial charge in [-0.15, -0.1) is 0 Å². The molecule has 1 heterocycles. The number of hydrogen-bond acceptors (Lipinski definition) is 4. The molecule has 100 valence electrons. The molecule has 1 atom stereocenters. The van der Waals surface area contributed by atoms with E-state index in [4.69, 9.17) is 10.6 Å².